The molecule has 0 aliphatic carbocycles. The Morgan fingerprint density at radius 1 is 1.62 bits per heavy atom. The second kappa shape index (κ2) is 4.07. The van der Waals surface area contributed by atoms with Crippen molar-refractivity contribution in [1.82, 2.24) is 0 Å². The van der Waals surface area contributed by atoms with Crippen LogP contribution in [0.5, 0.6) is 0 Å². The molecule has 0 saturated heterocycles. The van der Waals surface area contributed by atoms with Crippen LogP contribution in [0.2, 0.25) is 5.02 Å². The Morgan fingerprint density at radius 2 is 2.31 bits per heavy atom. The topological polar surface area (TPSA) is 55.5 Å². The van der Waals surface area contributed by atoms with Crippen molar-refractivity contribution in [3.63, 3.8) is 0 Å². The summed E-state index contributed by atoms with van der Waals surface area (Å²) in [7, 11) is 0. The molecule has 0 heterocycles. The molecular weight excluding hydrogens is 190 g/mol. The van der Waals surface area contributed by atoms with Crippen LogP contribution in [0.1, 0.15) is 12.5 Å². The van der Waals surface area contributed by atoms with E-state index in [9.17, 15) is 5.11 Å². The number of rotatable bonds is 3. The van der Waals surface area contributed by atoms with Crippen LogP contribution in [-0.2, 0) is 10.4 Å². The third-order valence-electron chi connectivity index (χ3n) is 1.81. The van der Waals surface area contributed by atoms with Crippen molar-refractivity contribution in [3.05, 3.63) is 34.9 Å². The zero-order valence-electron chi connectivity index (χ0n) is 7.33. The summed E-state index contributed by atoms with van der Waals surface area (Å²) in [6.07, 6.45) is 0. The van der Waals surface area contributed by atoms with E-state index in [1.54, 1.807) is 31.2 Å². The molecule has 3 nitrogen and oxygen atoms in total. The van der Waals surface area contributed by atoms with Gasteiger partial charge in [-0.15, -0.1) is 0 Å². The first-order chi connectivity index (χ1) is 6.06. The summed E-state index contributed by atoms with van der Waals surface area (Å²) in [5, 5.41) is 10.4. The Bertz CT molecular complexity index is 289. The van der Waals surface area contributed by atoms with Gasteiger partial charge in [0.2, 0.25) is 0 Å². The lowest BCUT2D eigenvalue weighted by Gasteiger charge is -2.22. The second-order valence-electron chi connectivity index (χ2n) is 3.10. The Balaban J connectivity index is 2.93. The van der Waals surface area contributed by atoms with Gasteiger partial charge in [0.15, 0.2) is 0 Å². The van der Waals surface area contributed by atoms with Crippen LogP contribution in [0.15, 0.2) is 24.3 Å². The molecule has 4 heteroatoms. The third-order valence-corrected chi connectivity index (χ3v) is 2.05. The number of benzene rings is 1. The fraction of sp³-hybridized carbons (Fsp3) is 0.333. The van der Waals surface area contributed by atoms with Crippen LogP contribution in [0, 0.1) is 0 Å². The summed E-state index contributed by atoms with van der Waals surface area (Å²) in [4.78, 5) is 4.41. The van der Waals surface area contributed by atoms with Crippen molar-refractivity contribution < 1.29 is 9.94 Å². The van der Waals surface area contributed by atoms with Gasteiger partial charge in [0, 0.05) is 5.02 Å². The van der Waals surface area contributed by atoms with Gasteiger partial charge in [-0.1, -0.05) is 23.7 Å². The summed E-state index contributed by atoms with van der Waals surface area (Å²) in [5.74, 6) is 4.90. The van der Waals surface area contributed by atoms with Crippen LogP contribution in [0.4, 0.5) is 0 Å². The maximum absolute atomic E-state index is 9.85. The minimum absolute atomic E-state index is 0.0351. The summed E-state index contributed by atoms with van der Waals surface area (Å²) in [6.45, 7) is 1.65. The first-order valence-corrected chi connectivity index (χ1v) is 4.24. The predicted molar refractivity (Wildman–Crippen MR) is 51.2 cm³/mol. The lowest BCUT2D eigenvalue weighted by atomic mass is 9.97. The molecule has 13 heavy (non-hydrogen) atoms. The Morgan fingerprint density at radius 3 is 2.85 bits per heavy atom. The van der Waals surface area contributed by atoms with E-state index in [4.69, 9.17) is 17.5 Å². The van der Waals surface area contributed by atoms with Gasteiger partial charge in [-0.2, -0.15) is 0 Å². The van der Waals surface area contributed by atoms with Crippen molar-refractivity contribution in [1.29, 1.82) is 0 Å². The van der Waals surface area contributed by atoms with E-state index in [0.717, 1.165) is 0 Å². The largest absolute Gasteiger partial charge is 0.383 e. The van der Waals surface area contributed by atoms with E-state index >= 15 is 0 Å². The van der Waals surface area contributed by atoms with E-state index in [-0.39, 0.29) is 6.61 Å². The number of aliphatic hydroxyl groups is 1. The predicted octanol–water partition coefficient (Wildman–Crippen LogP) is 1.44. The highest BCUT2D eigenvalue weighted by Crippen LogP contribution is 2.23. The highest BCUT2D eigenvalue weighted by Gasteiger charge is 2.23. The normalized spacial score (nSPS) is 15.4. The Hall–Kier alpha value is -0.610. The molecule has 0 radical (unpaired) electrons. The summed E-state index contributed by atoms with van der Waals surface area (Å²) >= 11 is 5.77. The van der Waals surface area contributed by atoms with Crippen molar-refractivity contribution in [2.75, 3.05) is 6.61 Å². The van der Waals surface area contributed by atoms with Gasteiger partial charge in [0.1, 0.15) is 12.2 Å². The number of hydrogen-bond donors (Lipinski definition) is 2. The van der Waals surface area contributed by atoms with Gasteiger partial charge >= 0.3 is 0 Å². The molecule has 0 saturated carbocycles. The molecule has 72 valence electrons. The highest BCUT2D eigenvalue weighted by molar-refractivity contribution is 6.30. The molecule has 1 aromatic rings. The van der Waals surface area contributed by atoms with E-state index in [1.807, 2.05) is 0 Å². The molecule has 0 aliphatic heterocycles. The number of nitrogens with two attached hydrogens (primary N) is 1. The molecule has 1 atom stereocenters. The zero-order valence-corrected chi connectivity index (χ0v) is 8.08. The molecule has 0 spiro atoms. The average molecular weight is 202 g/mol. The molecule has 3 N–H and O–H groups in total. The molecule has 0 aliphatic rings. The minimum Gasteiger partial charge on any atom is -0.383 e. The monoisotopic (exact) mass is 201 g/mol. The summed E-state index contributed by atoms with van der Waals surface area (Å²) < 4.78 is 0. The third kappa shape index (κ3) is 2.67. The van der Waals surface area contributed by atoms with Crippen molar-refractivity contribution in [2.24, 2.45) is 5.90 Å². The second-order valence-corrected chi connectivity index (χ2v) is 3.53. The van der Waals surface area contributed by atoms with Gasteiger partial charge in [0.25, 0.3) is 0 Å². The summed E-state index contributed by atoms with van der Waals surface area (Å²) in [5.41, 5.74) is -0.412. The van der Waals surface area contributed by atoms with Gasteiger partial charge in [-0.25, -0.2) is 5.90 Å². The number of hydrogen-bond acceptors (Lipinski definition) is 3. The molecule has 0 aromatic heterocycles. The van der Waals surface area contributed by atoms with Crippen LogP contribution in [0.3, 0.4) is 0 Å². The van der Waals surface area contributed by atoms with E-state index in [2.05, 4.69) is 4.84 Å². The van der Waals surface area contributed by atoms with Crippen LogP contribution < -0.4 is 5.90 Å². The van der Waals surface area contributed by atoms with Gasteiger partial charge in [-0.05, 0) is 24.6 Å². The minimum atomic E-state index is -1.10. The molecule has 0 fully saturated rings. The van der Waals surface area contributed by atoms with Gasteiger partial charge in [0.05, 0.1) is 0 Å². The molecule has 1 rings (SSSR count). The van der Waals surface area contributed by atoms with Gasteiger partial charge in [-0.3, -0.25) is 0 Å². The van der Waals surface area contributed by atoms with Crippen LogP contribution in [-0.4, -0.2) is 11.7 Å². The maximum atomic E-state index is 9.85. The van der Waals surface area contributed by atoms with Crippen molar-refractivity contribution >= 4 is 11.6 Å². The summed E-state index contributed by atoms with van der Waals surface area (Å²) in [6, 6.07) is 6.96. The van der Waals surface area contributed by atoms with Crippen LogP contribution in [0.25, 0.3) is 0 Å². The fourth-order valence-corrected chi connectivity index (χ4v) is 1.26. The molecule has 0 amide bonds. The quantitative estimate of drug-likeness (QED) is 0.728. The fourth-order valence-electron chi connectivity index (χ4n) is 1.07. The average Bonchev–Trinajstić information content (AvgIpc) is 2.04. The molecule has 1 unspecified atom stereocenters. The Labute approximate surface area is 82.0 Å². The van der Waals surface area contributed by atoms with E-state index in [0.29, 0.717) is 10.6 Å². The first-order valence-electron chi connectivity index (χ1n) is 3.86. The van der Waals surface area contributed by atoms with Gasteiger partial charge < -0.3 is 9.94 Å². The van der Waals surface area contributed by atoms with E-state index < -0.39 is 5.60 Å². The standard InChI is InChI=1S/C9H12ClNO2/c1-9(12,6-13-11)7-3-2-4-8(10)5-7/h2-5,12H,6,11H2,1H3. The lowest BCUT2D eigenvalue weighted by molar-refractivity contribution is -0.0387. The molecule has 1 aromatic carbocycles. The number of halogens is 1. The lowest BCUT2D eigenvalue weighted by Crippen LogP contribution is -2.29. The zero-order chi connectivity index (χ0) is 9.90. The first kappa shape index (κ1) is 10.5. The smallest absolute Gasteiger partial charge is 0.112 e. The molecular formula is C9H12ClNO2. The SMILES string of the molecule is CC(O)(CON)c1cccc(Cl)c1. The van der Waals surface area contributed by atoms with E-state index in [1.165, 1.54) is 0 Å². The Kier molecular flexibility index (Phi) is 3.27. The molecule has 0 bridgehead atoms. The highest BCUT2D eigenvalue weighted by atomic mass is 35.5. The van der Waals surface area contributed by atoms with Crippen molar-refractivity contribution in [3.8, 4) is 0 Å². The maximum Gasteiger partial charge on any atom is 0.112 e. The van der Waals surface area contributed by atoms with Crippen LogP contribution >= 0.6 is 11.6 Å². The van der Waals surface area contributed by atoms with Crippen molar-refractivity contribution in [2.45, 2.75) is 12.5 Å².